The zero-order valence-electron chi connectivity index (χ0n) is 10.9. The molecule has 1 unspecified atom stereocenters. The molecule has 0 radical (unpaired) electrons. The van der Waals surface area contributed by atoms with Crippen molar-refractivity contribution in [1.82, 2.24) is 5.32 Å². The summed E-state index contributed by atoms with van der Waals surface area (Å²) in [6, 6.07) is 4.95. The number of benzene rings is 1. The number of hydrogen-bond donors (Lipinski definition) is 2. The van der Waals surface area contributed by atoms with Crippen molar-refractivity contribution >= 4 is 17.7 Å². The van der Waals surface area contributed by atoms with Crippen LogP contribution in [0.25, 0.3) is 0 Å². The van der Waals surface area contributed by atoms with Gasteiger partial charge in [0.25, 0.3) is 5.91 Å². The number of thioether (sulfide) groups is 1. The minimum atomic E-state index is -0.278. The predicted octanol–water partition coefficient (Wildman–Crippen LogP) is 2.27. The summed E-state index contributed by atoms with van der Waals surface area (Å²) in [7, 11) is 1.46. The first-order chi connectivity index (χ1) is 8.60. The average Bonchev–Trinajstić information content (AvgIpc) is 2.36. The van der Waals surface area contributed by atoms with Gasteiger partial charge in [-0.1, -0.05) is 6.07 Å². The number of phenolic OH excluding ortho intramolecular Hbond substituents is 1. The molecule has 4 nitrogen and oxygen atoms in total. The van der Waals surface area contributed by atoms with Crippen LogP contribution in [-0.2, 0) is 0 Å². The Morgan fingerprint density at radius 1 is 1.56 bits per heavy atom. The quantitative estimate of drug-likeness (QED) is 0.832. The van der Waals surface area contributed by atoms with Gasteiger partial charge < -0.3 is 15.2 Å². The third-order valence-corrected chi connectivity index (χ3v) is 3.24. The van der Waals surface area contributed by atoms with Crippen molar-refractivity contribution < 1.29 is 14.6 Å². The summed E-state index contributed by atoms with van der Waals surface area (Å²) < 4.78 is 4.97. The van der Waals surface area contributed by atoms with Gasteiger partial charge >= 0.3 is 0 Å². The molecule has 0 heterocycles. The lowest BCUT2D eigenvalue weighted by Crippen LogP contribution is -2.33. The van der Waals surface area contributed by atoms with E-state index in [0.717, 1.165) is 12.2 Å². The minimum Gasteiger partial charge on any atom is -0.504 e. The number of methoxy groups -OCH3 is 1. The maximum atomic E-state index is 12.0. The Bertz CT molecular complexity index is 409. The molecule has 2 N–H and O–H groups in total. The van der Waals surface area contributed by atoms with E-state index in [4.69, 9.17) is 4.74 Å². The van der Waals surface area contributed by atoms with Crippen molar-refractivity contribution in [3.8, 4) is 11.5 Å². The van der Waals surface area contributed by atoms with Crippen molar-refractivity contribution in [2.24, 2.45) is 0 Å². The Kier molecular flexibility index (Phi) is 5.85. The van der Waals surface area contributed by atoms with E-state index in [2.05, 4.69) is 5.32 Å². The number of nitrogens with one attached hydrogen (secondary N) is 1. The highest BCUT2D eigenvalue weighted by atomic mass is 32.2. The van der Waals surface area contributed by atoms with Gasteiger partial charge in [-0.25, -0.2) is 0 Å². The normalized spacial score (nSPS) is 11.9. The fraction of sp³-hybridized carbons (Fsp3) is 0.462. The van der Waals surface area contributed by atoms with E-state index < -0.39 is 0 Å². The molecular weight excluding hydrogens is 250 g/mol. The van der Waals surface area contributed by atoms with E-state index in [0.29, 0.717) is 5.75 Å². The molecule has 0 bridgehead atoms. The fourth-order valence-electron chi connectivity index (χ4n) is 1.54. The SMILES string of the molecule is COc1cccc(C(=O)NC(C)CCSC)c1O. The summed E-state index contributed by atoms with van der Waals surface area (Å²) >= 11 is 1.74. The maximum Gasteiger partial charge on any atom is 0.255 e. The molecule has 1 aromatic carbocycles. The summed E-state index contributed by atoms with van der Waals surface area (Å²) in [6.45, 7) is 1.95. The Balaban J connectivity index is 2.72. The first kappa shape index (κ1) is 14.7. The largest absolute Gasteiger partial charge is 0.504 e. The summed E-state index contributed by atoms with van der Waals surface area (Å²) in [5.74, 6) is 0.903. The van der Waals surface area contributed by atoms with Crippen molar-refractivity contribution in [3.05, 3.63) is 23.8 Å². The van der Waals surface area contributed by atoms with Crippen LogP contribution in [0.2, 0.25) is 0 Å². The topological polar surface area (TPSA) is 58.6 Å². The van der Waals surface area contributed by atoms with E-state index in [1.54, 1.807) is 30.0 Å². The van der Waals surface area contributed by atoms with Crippen molar-refractivity contribution in [2.45, 2.75) is 19.4 Å². The lowest BCUT2D eigenvalue weighted by atomic mass is 10.1. The van der Waals surface area contributed by atoms with Gasteiger partial charge in [-0.05, 0) is 37.5 Å². The van der Waals surface area contributed by atoms with Gasteiger partial charge in [0.2, 0.25) is 0 Å². The van der Waals surface area contributed by atoms with Crippen LogP contribution in [-0.4, -0.2) is 36.2 Å². The van der Waals surface area contributed by atoms with Gasteiger partial charge in [0.1, 0.15) is 0 Å². The highest BCUT2D eigenvalue weighted by Gasteiger charge is 2.16. The second-order valence-electron chi connectivity index (χ2n) is 4.01. The maximum absolute atomic E-state index is 12.0. The lowest BCUT2D eigenvalue weighted by molar-refractivity contribution is 0.0936. The molecule has 0 aliphatic heterocycles. The van der Waals surface area contributed by atoms with Gasteiger partial charge in [0.05, 0.1) is 12.7 Å². The minimum absolute atomic E-state index is 0.0792. The molecule has 100 valence electrons. The second kappa shape index (κ2) is 7.16. The van der Waals surface area contributed by atoms with E-state index in [1.807, 2.05) is 13.2 Å². The first-order valence-corrected chi connectivity index (χ1v) is 7.15. The molecule has 0 saturated heterocycles. The zero-order chi connectivity index (χ0) is 13.5. The van der Waals surface area contributed by atoms with E-state index >= 15 is 0 Å². The highest BCUT2D eigenvalue weighted by Crippen LogP contribution is 2.29. The predicted molar refractivity (Wildman–Crippen MR) is 74.6 cm³/mol. The van der Waals surface area contributed by atoms with Gasteiger partial charge in [-0.2, -0.15) is 11.8 Å². The Morgan fingerprint density at radius 3 is 2.89 bits per heavy atom. The van der Waals surface area contributed by atoms with E-state index in [9.17, 15) is 9.90 Å². The summed E-state index contributed by atoms with van der Waals surface area (Å²) in [6.07, 6.45) is 2.93. The van der Waals surface area contributed by atoms with E-state index in [-0.39, 0.29) is 23.3 Å². The number of ether oxygens (including phenoxy) is 1. The van der Waals surface area contributed by atoms with Crippen molar-refractivity contribution in [1.29, 1.82) is 0 Å². The van der Waals surface area contributed by atoms with Crippen molar-refractivity contribution in [2.75, 3.05) is 19.1 Å². The van der Waals surface area contributed by atoms with Crippen LogP contribution >= 0.6 is 11.8 Å². The zero-order valence-corrected chi connectivity index (χ0v) is 11.7. The van der Waals surface area contributed by atoms with Crippen LogP contribution in [0.3, 0.4) is 0 Å². The van der Waals surface area contributed by atoms with Crippen LogP contribution in [0.4, 0.5) is 0 Å². The number of carbonyl (C=O) groups excluding carboxylic acids is 1. The molecule has 0 spiro atoms. The average molecular weight is 269 g/mol. The monoisotopic (exact) mass is 269 g/mol. The van der Waals surface area contributed by atoms with Crippen LogP contribution < -0.4 is 10.1 Å². The molecule has 1 rings (SSSR count). The summed E-state index contributed by atoms with van der Waals surface area (Å²) in [4.78, 5) is 12.0. The summed E-state index contributed by atoms with van der Waals surface area (Å²) in [5, 5.41) is 12.7. The van der Waals surface area contributed by atoms with Gasteiger partial charge in [0.15, 0.2) is 11.5 Å². The van der Waals surface area contributed by atoms with Crippen LogP contribution in [0.15, 0.2) is 18.2 Å². The van der Waals surface area contributed by atoms with E-state index in [1.165, 1.54) is 7.11 Å². The molecule has 1 aromatic rings. The number of phenols is 1. The molecule has 5 heteroatoms. The molecule has 1 amide bonds. The third-order valence-electron chi connectivity index (χ3n) is 2.60. The highest BCUT2D eigenvalue weighted by molar-refractivity contribution is 7.98. The Hall–Kier alpha value is -1.36. The molecule has 0 fully saturated rings. The number of amides is 1. The molecule has 0 saturated carbocycles. The van der Waals surface area contributed by atoms with Crippen LogP contribution in [0, 0.1) is 0 Å². The standard InChI is InChI=1S/C13H19NO3S/c1-9(7-8-18-3)14-13(16)10-5-4-6-11(17-2)12(10)15/h4-6,9,15H,7-8H2,1-3H3,(H,14,16). The molecule has 18 heavy (non-hydrogen) atoms. The second-order valence-corrected chi connectivity index (χ2v) is 5.00. The lowest BCUT2D eigenvalue weighted by Gasteiger charge is -2.14. The van der Waals surface area contributed by atoms with Gasteiger partial charge in [-0.3, -0.25) is 4.79 Å². The molecule has 0 aromatic heterocycles. The molecule has 0 aliphatic rings. The van der Waals surface area contributed by atoms with Gasteiger partial charge in [-0.15, -0.1) is 0 Å². The first-order valence-electron chi connectivity index (χ1n) is 5.76. The number of carbonyl (C=O) groups is 1. The Morgan fingerprint density at radius 2 is 2.28 bits per heavy atom. The number of para-hydroxylation sites is 1. The fourth-order valence-corrected chi connectivity index (χ4v) is 2.13. The van der Waals surface area contributed by atoms with Crippen molar-refractivity contribution in [3.63, 3.8) is 0 Å². The molecular formula is C13H19NO3S. The van der Waals surface area contributed by atoms with Crippen LogP contribution in [0.1, 0.15) is 23.7 Å². The molecule has 0 aliphatic carbocycles. The summed E-state index contributed by atoms with van der Waals surface area (Å²) in [5.41, 5.74) is 0.241. The number of aromatic hydroxyl groups is 1. The Labute approximate surface area is 112 Å². The number of hydrogen-bond acceptors (Lipinski definition) is 4. The molecule has 1 atom stereocenters. The number of rotatable bonds is 6. The smallest absolute Gasteiger partial charge is 0.255 e. The van der Waals surface area contributed by atoms with Crippen LogP contribution in [0.5, 0.6) is 11.5 Å². The van der Waals surface area contributed by atoms with Gasteiger partial charge in [0, 0.05) is 6.04 Å². The third kappa shape index (κ3) is 3.84.